The van der Waals surface area contributed by atoms with Gasteiger partial charge in [0.25, 0.3) is 0 Å². The summed E-state index contributed by atoms with van der Waals surface area (Å²) in [7, 11) is -3.69. The summed E-state index contributed by atoms with van der Waals surface area (Å²) in [6.07, 6.45) is 0.447. The average Bonchev–Trinajstić information content (AvgIpc) is 2.50. The highest BCUT2D eigenvalue weighted by molar-refractivity contribution is 7.93. The van der Waals surface area contributed by atoms with Gasteiger partial charge in [-0.3, -0.25) is 4.79 Å². The second-order valence-corrected chi connectivity index (χ2v) is 5.85. The fourth-order valence-electron chi connectivity index (χ4n) is 1.57. The van der Waals surface area contributed by atoms with Crippen molar-refractivity contribution in [2.24, 2.45) is 0 Å². The Morgan fingerprint density at radius 3 is 2.65 bits per heavy atom. The highest BCUT2D eigenvalue weighted by Crippen LogP contribution is 2.20. The minimum Gasteiger partial charge on any atom is -0.480 e. The number of sulfone groups is 1. The SMILES string of the molecule is C=CCOC(=O)NC1CC(C(=O)O)S(=O)(=O)C1. The van der Waals surface area contributed by atoms with E-state index in [1.54, 1.807) is 0 Å². The van der Waals surface area contributed by atoms with Gasteiger partial charge in [-0.05, 0) is 6.42 Å². The molecule has 96 valence electrons. The zero-order chi connectivity index (χ0) is 13.1. The fraction of sp³-hybridized carbons (Fsp3) is 0.556. The van der Waals surface area contributed by atoms with E-state index in [-0.39, 0.29) is 18.8 Å². The zero-order valence-electron chi connectivity index (χ0n) is 8.96. The summed E-state index contributed by atoms with van der Waals surface area (Å²) in [6.45, 7) is 3.35. The van der Waals surface area contributed by atoms with E-state index in [0.717, 1.165) is 0 Å². The van der Waals surface area contributed by atoms with Crippen LogP contribution in [0, 0.1) is 0 Å². The van der Waals surface area contributed by atoms with Gasteiger partial charge in [-0.25, -0.2) is 13.2 Å². The Morgan fingerprint density at radius 2 is 2.18 bits per heavy atom. The van der Waals surface area contributed by atoms with E-state index in [1.165, 1.54) is 6.08 Å². The van der Waals surface area contributed by atoms with E-state index in [2.05, 4.69) is 16.6 Å². The van der Waals surface area contributed by atoms with Crippen LogP contribution in [0.25, 0.3) is 0 Å². The third-order valence-electron chi connectivity index (χ3n) is 2.30. The molecular weight excluding hydrogens is 250 g/mol. The van der Waals surface area contributed by atoms with Crippen LogP contribution in [-0.4, -0.2) is 49.2 Å². The van der Waals surface area contributed by atoms with Gasteiger partial charge in [0, 0.05) is 6.04 Å². The summed E-state index contributed by atoms with van der Waals surface area (Å²) >= 11 is 0. The summed E-state index contributed by atoms with van der Waals surface area (Å²) < 4.78 is 27.4. The molecular formula is C9H13NO6S. The zero-order valence-corrected chi connectivity index (χ0v) is 9.77. The predicted molar refractivity (Wildman–Crippen MR) is 58.3 cm³/mol. The Balaban J connectivity index is 2.57. The van der Waals surface area contributed by atoms with Crippen LogP contribution in [0.4, 0.5) is 4.79 Å². The monoisotopic (exact) mass is 263 g/mol. The molecule has 1 fully saturated rings. The van der Waals surface area contributed by atoms with Crippen LogP contribution in [0.2, 0.25) is 0 Å². The molecule has 2 unspecified atom stereocenters. The molecule has 0 aromatic rings. The van der Waals surface area contributed by atoms with Crippen molar-refractivity contribution in [3.8, 4) is 0 Å². The van der Waals surface area contributed by atoms with Gasteiger partial charge in [-0.15, -0.1) is 0 Å². The lowest BCUT2D eigenvalue weighted by Crippen LogP contribution is -2.36. The van der Waals surface area contributed by atoms with Gasteiger partial charge < -0.3 is 15.2 Å². The lowest BCUT2D eigenvalue weighted by atomic mass is 10.2. The maximum absolute atomic E-state index is 11.4. The molecule has 0 radical (unpaired) electrons. The molecule has 1 rings (SSSR count). The van der Waals surface area contributed by atoms with Gasteiger partial charge in [0.05, 0.1) is 5.75 Å². The molecule has 2 atom stereocenters. The van der Waals surface area contributed by atoms with Gasteiger partial charge >= 0.3 is 12.1 Å². The average molecular weight is 263 g/mol. The summed E-state index contributed by atoms with van der Waals surface area (Å²) in [5.41, 5.74) is 0. The van der Waals surface area contributed by atoms with E-state index in [4.69, 9.17) is 5.11 Å². The molecule has 2 N–H and O–H groups in total. The van der Waals surface area contributed by atoms with Gasteiger partial charge in [-0.2, -0.15) is 0 Å². The van der Waals surface area contributed by atoms with Crippen LogP contribution >= 0.6 is 0 Å². The number of aliphatic carboxylic acids is 1. The molecule has 17 heavy (non-hydrogen) atoms. The summed E-state index contributed by atoms with van der Waals surface area (Å²) in [6, 6.07) is -0.724. The van der Waals surface area contributed by atoms with Crippen molar-refractivity contribution in [1.29, 1.82) is 0 Å². The van der Waals surface area contributed by atoms with E-state index in [0.29, 0.717) is 0 Å². The van der Waals surface area contributed by atoms with Crippen LogP contribution in [0.3, 0.4) is 0 Å². The van der Waals surface area contributed by atoms with E-state index in [1.807, 2.05) is 0 Å². The summed E-state index contributed by atoms with van der Waals surface area (Å²) in [5, 5.41) is 9.56. The number of carbonyl (C=O) groups excluding carboxylic acids is 1. The number of rotatable bonds is 4. The minimum atomic E-state index is -3.69. The van der Waals surface area contributed by atoms with E-state index < -0.39 is 33.2 Å². The van der Waals surface area contributed by atoms with Crippen LogP contribution in [0.5, 0.6) is 0 Å². The summed E-state index contributed by atoms with van der Waals surface area (Å²) in [5.74, 6) is -1.78. The second kappa shape index (κ2) is 5.17. The van der Waals surface area contributed by atoms with Gasteiger partial charge in [0.15, 0.2) is 15.1 Å². The molecule has 1 aliphatic rings. The molecule has 1 amide bonds. The standard InChI is InChI=1S/C9H13NO6S/c1-2-3-16-9(13)10-6-4-7(8(11)12)17(14,15)5-6/h2,6-7H,1,3-5H2,(H,10,13)(H,11,12). The normalized spacial score (nSPS) is 26.1. The Labute approximate surface area is 98.4 Å². The number of carboxylic acid groups (broad SMARTS) is 1. The summed E-state index contributed by atoms with van der Waals surface area (Å²) in [4.78, 5) is 21.8. The van der Waals surface area contributed by atoms with Crippen LogP contribution < -0.4 is 5.32 Å². The van der Waals surface area contributed by atoms with E-state index >= 15 is 0 Å². The quantitative estimate of drug-likeness (QED) is 0.664. The number of hydrogen-bond donors (Lipinski definition) is 2. The third-order valence-corrected chi connectivity index (χ3v) is 4.42. The number of carboxylic acids is 1. The Hall–Kier alpha value is -1.57. The van der Waals surface area contributed by atoms with Crippen molar-refractivity contribution in [2.45, 2.75) is 17.7 Å². The molecule has 7 nitrogen and oxygen atoms in total. The number of amides is 1. The van der Waals surface area contributed by atoms with Crippen molar-refractivity contribution >= 4 is 21.9 Å². The predicted octanol–water partition coefficient (Wildman–Crippen LogP) is -0.461. The molecule has 0 bridgehead atoms. The molecule has 0 saturated carbocycles. The van der Waals surface area contributed by atoms with Crippen molar-refractivity contribution < 1.29 is 27.9 Å². The van der Waals surface area contributed by atoms with Crippen molar-refractivity contribution in [1.82, 2.24) is 5.32 Å². The fourth-order valence-corrected chi connectivity index (χ4v) is 3.41. The van der Waals surface area contributed by atoms with E-state index in [9.17, 15) is 18.0 Å². The highest BCUT2D eigenvalue weighted by Gasteiger charge is 2.43. The first kappa shape index (κ1) is 13.5. The molecule has 0 aromatic heterocycles. The maximum atomic E-state index is 11.4. The van der Waals surface area contributed by atoms with Crippen LogP contribution in [0.15, 0.2) is 12.7 Å². The number of ether oxygens (including phenoxy) is 1. The second-order valence-electron chi connectivity index (χ2n) is 3.62. The maximum Gasteiger partial charge on any atom is 0.407 e. The van der Waals surface area contributed by atoms with Crippen molar-refractivity contribution in [3.05, 3.63) is 12.7 Å². The first-order chi connectivity index (χ1) is 7.86. The van der Waals surface area contributed by atoms with Gasteiger partial charge in [-0.1, -0.05) is 12.7 Å². The third kappa shape index (κ3) is 3.45. The highest BCUT2D eigenvalue weighted by atomic mass is 32.2. The molecule has 1 aliphatic heterocycles. The lowest BCUT2D eigenvalue weighted by molar-refractivity contribution is -0.136. The first-order valence-corrected chi connectivity index (χ1v) is 6.57. The van der Waals surface area contributed by atoms with Crippen LogP contribution in [-0.2, 0) is 19.4 Å². The minimum absolute atomic E-state index is 0.00760. The van der Waals surface area contributed by atoms with Crippen molar-refractivity contribution in [2.75, 3.05) is 12.4 Å². The Kier molecular flexibility index (Phi) is 4.11. The number of carbonyl (C=O) groups is 2. The Bertz CT molecular complexity index is 429. The Morgan fingerprint density at radius 1 is 1.53 bits per heavy atom. The topological polar surface area (TPSA) is 110 Å². The van der Waals surface area contributed by atoms with Crippen molar-refractivity contribution in [3.63, 3.8) is 0 Å². The molecule has 1 heterocycles. The molecule has 0 aromatic carbocycles. The first-order valence-electron chi connectivity index (χ1n) is 4.85. The number of nitrogens with one attached hydrogen (secondary N) is 1. The smallest absolute Gasteiger partial charge is 0.407 e. The lowest BCUT2D eigenvalue weighted by Gasteiger charge is -2.10. The molecule has 0 aliphatic carbocycles. The van der Waals surface area contributed by atoms with Gasteiger partial charge in [0.2, 0.25) is 0 Å². The number of alkyl carbamates (subject to hydrolysis) is 1. The number of hydrogen-bond acceptors (Lipinski definition) is 5. The molecule has 8 heteroatoms. The van der Waals surface area contributed by atoms with Crippen LogP contribution in [0.1, 0.15) is 6.42 Å². The molecule has 0 spiro atoms. The largest absolute Gasteiger partial charge is 0.480 e. The molecule has 1 saturated heterocycles. The van der Waals surface area contributed by atoms with Gasteiger partial charge in [0.1, 0.15) is 6.61 Å².